The Labute approximate surface area is 85.8 Å². The van der Waals surface area contributed by atoms with E-state index in [2.05, 4.69) is 4.90 Å². The summed E-state index contributed by atoms with van der Waals surface area (Å²) in [5.41, 5.74) is 0. The normalized spacial score (nSPS) is 25.9. The summed E-state index contributed by atoms with van der Waals surface area (Å²) in [6.45, 7) is 4.62. The van der Waals surface area contributed by atoms with Gasteiger partial charge in [0.05, 0.1) is 6.10 Å². The molecule has 1 N–H and O–H groups in total. The number of aliphatic hydroxyl groups is 1. The summed E-state index contributed by atoms with van der Waals surface area (Å²) < 4.78 is 10.3. The molecule has 1 rings (SSSR count). The fourth-order valence-corrected chi connectivity index (χ4v) is 1.88. The molecule has 0 spiro atoms. The van der Waals surface area contributed by atoms with Gasteiger partial charge in [0.15, 0.2) is 6.29 Å². The molecule has 1 fully saturated rings. The van der Waals surface area contributed by atoms with Crippen molar-refractivity contribution < 1.29 is 14.6 Å². The molecule has 1 saturated heterocycles. The standard InChI is InChI=1S/C10H21NO3/c1-8(12)9-4-5-11(6-9)7-10(13-2)14-3/h8-10,12H,4-7H2,1-3H3. The van der Waals surface area contributed by atoms with Crippen molar-refractivity contribution in [3.63, 3.8) is 0 Å². The van der Waals surface area contributed by atoms with Gasteiger partial charge in [-0.3, -0.25) is 4.90 Å². The van der Waals surface area contributed by atoms with Crippen LogP contribution in [-0.2, 0) is 9.47 Å². The van der Waals surface area contributed by atoms with Crippen LogP contribution in [0.4, 0.5) is 0 Å². The highest BCUT2D eigenvalue weighted by molar-refractivity contribution is 4.79. The largest absolute Gasteiger partial charge is 0.393 e. The van der Waals surface area contributed by atoms with Crippen LogP contribution in [0.2, 0.25) is 0 Å². The number of hydrogen-bond acceptors (Lipinski definition) is 4. The maximum Gasteiger partial charge on any atom is 0.169 e. The van der Waals surface area contributed by atoms with E-state index in [1.54, 1.807) is 14.2 Å². The van der Waals surface area contributed by atoms with Crippen molar-refractivity contribution >= 4 is 0 Å². The third kappa shape index (κ3) is 3.20. The van der Waals surface area contributed by atoms with Crippen molar-refractivity contribution in [1.82, 2.24) is 4.90 Å². The van der Waals surface area contributed by atoms with Crippen LogP contribution >= 0.6 is 0 Å². The van der Waals surface area contributed by atoms with Crippen LogP contribution in [0.25, 0.3) is 0 Å². The van der Waals surface area contributed by atoms with Crippen molar-refractivity contribution in [2.75, 3.05) is 33.9 Å². The van der Waals surface area contributed by atoms with Gasteiger partial charge in [0.1, 0.15) is 0 Å². The van der Waals surface area contributed by atoms with Gasteiger partial charge in [0.25, 0.3) is 0 Å². The first kappa shape index (κ1) is 11.9. The summed E-state index contributed by atoms with van der Waals surface area (Å²) in [5, 5.41) is 9.43. The van der Waals surface area contributed by atoms with Crippen LogP contribution in [-0.4, -0.2) is 56.3 Å². The van der Waals surface area contributed by atoms with Gasteiger partial charge in [-0.05, 0) is 25.8 Å². The zero-order chi connectivity index (χ0) is 10.6. The molecule has 4 heteroatoms. The quantitative estimate of drug-likeness (QED) is 0.653. The first-order chi connectivity index (χ1) is 6.67. The molecular formula is C10H21NO3. The summed E-state index contributed by atoms with van der Waals surface area (Å²) in [6, 6.07) is 0. The fraction of sp³-hybridized carbons (Fsp3) is 1.00. The molecule has 4 nitrogen and oxygen atoms in total. The van der Waals surface area contributed by atoms with Gasteiger partial charge in [0.2, 0.25) is 0 Å². The minimum absolute atomic E-state index is 0.150. The Morgan fingerprint density at radius 2 is 2.07 bits per heavy atom. The van der Waals surface area contributed by atoms with Crippen LogP contribution in [0.15, 0.2) is 0 Å². The number of rotatable bonds is 5. The lowest BCUT2D eigenvalue weighted by Crippen LogP contribution is -2.33. The minimum Gasteiger partial charge on any atom is -0.393 e. The predicted molar refractivity (Wildman–Crippen MR) is 54.0 cm³/mol. The zero-order valence-electron chi connectivity index (χ0n) is 9.27. The molecule has 0 bridgehead atoms. The average Bonchev–Trinajstić information content (AvgIpc) is 2.62. The Morgan fingerprint density at radius 1 is 1.43 bits per heavy atom. The molecule has 84 valence electrons. The summed E-state index contributed by atoms with van der Waals surface area (Å²) in [5.74, 6) is 0.407. The van der Waals surface area contributed by atoms with E-state index in [0.717, 1.165) is 26.1 Å². The van der Waals surface area contributed by atoms with Gasteiger partial charge >= 0.3 is 0 Å². The van der Waals surface area contributed by atoms with E-state index in [0.29, 0.717) is 5.92 Å². The molecular weight excluding hydrogens is 182 g/mol. The van der Waals surface area contributed by atoms with Crippen LogP contribution in [0.3, 0.4) is 0 Å². The van der Waals surface area contributed by atoms with Crippen molar-refractivity contribution in [2.24, 2.45) is 5.92 Å². The van der Waals surface area contributed by atoms with Crippen molar-refractivity contribution in [2.45, 2.75) is 25.7 Å². The van der Waals surface area contributed by atoms with Gasteiger partial charge in [-0.25, -0.2) is 0 Å². The van der Waals surface area contributed by atoms with Gasteiger partial charge < -0.3 is 14.6 Å². The molecule has 1 aliphatic rings. The van der Waals surface area contributed by atoms with Crippen LogP contribution in [0.5, 0.6) is 0 Å². The molecule has 0 aromatic heterocycles. The topological polar surface area (TPSA) is 41.9 Å². The highest BCUT2D eigenvalue weighted by Crippen LogP contribution is 2.19. The molecule has 0 aromatic rings. The molecule has 0 saturated carbocycles. The van der Waals surface area contributed by atoms with Gasteiger partial charge in [-0.2, -0.15) is 0 Å². The van der Waals surface area contributed by atoms with Gasteiger partial charge in [-0.1, -0.05) is 0 Å². The van der Waals surface area contributed by atoms with Crippen LogP contribution in [0.1, 0.15) is 13.3 Å². The third-order valence-corrected chi connectivity index (χ3v) is 2.92. The molecule has 2 atom stereocenters. The molecule has 0 aliphatic carbocycles. The lowest BCUT2D eigenvalue weighted by Gasteiger charge is -2.21. The SMILES string of the molecule is COC(CN1CCC(C(C)O)C1)OC. The van der Waals surface area contributed by atoms with Crippen LogP contribution in [0, 0.1) is 5.92 Å². The summed E-state index contributed by atoms with van der Waals surface area (Å²) in [7, 11) is 3.30. The number of likely N-dealkylation sites (tertiary alicyclic amines) is 1. The van der Waals surface area contributed by atoms with E-state index in [-0.39, 0.29) is 12.4 Å². The lowest BCUT2D eigenvalue weighted by molar-refractivity contribution is -0.114. The smallest absolute Gasteiger partial charge is 0.169 e. The van der Waals surface area contributed by atoms with E-state index in [9.17, 15) is 5.11 Å². The van der Waals surface area contributed by atoms with E-state index < -0.39 is 0 Å². The van der Waals surface area contributed by atoms with Crippen LogP contribution < -0.4 is 0 Å². The predicted octanol–water partition coefficient (Wildman–Crippen LogP) is 0.308. The second-order valence-electron chi connectivity index (χ2n) is 3.95. The molecule has 1 heterocycles. The van der Waals surface area contributed by atoms with Crippen molar-refractivity contribution in [3.8, 4) is 0 Å². The monoisotopic (exact) mass is 203 g/mol. The summed E-state index contributed by atoms with van der Waals surface area (Å²) in [4.78, 5) is 2.27. The second-order valence-corrected chi connectivity index (χ2v) is 3.95. The molecule has 14 heavy (non-hydrogen) atoms. The number of ether oxygens (including phenoxy) is 2. The average molecular weight is 203 g/mol. The van der Waals surface area contributed by atoms with E-state index in [1.165, 1.54) is 0 Å². The highest BCUT2D eigenvalue weighted by Gasteiger charge is 2.27. The first-order valence-electron chi connectivity index (χ1n) is 5.13. The zero-order valence-corrected chi connectivity index (χ0v) is 9.27. The molecule has 0 radical (unpaired) electrons. The molecule has 2 unspecified atom stereocenters. The Hall–Kier alpha value is -0.160. The summed E-state index contributed by atoms with van der Waals surface area (Å²) in [6.07, 6.45) is 0.712. The number of hydrogen-bond donors (Lipinski definition) is 1. The van der Waals surface area contributed by atoms with Gasteiger partial charge in [0, 0.05) is 27.3 Å². The Balaban J connectivity index is 2.28. The highest BCUT2D eigenvalue weighted by atomic mass is 16.7. The number of methoxy groups -OCH3 is 2. The van der Waals surface area contributed by atoms with Crippen molar-refractivity contribution in [1.29, 1.82) is 0 Å². The van der Waals surface area contributed by atoms with Crippen molar-refractivity contribution in [3.05, 3.63) is 0 Å². The third-order valence-electron chi connectivity index (χ3n) is 2.92. The van der Waals surface area contributed by atoms with E-state index >= 15 is 0 Å². The maximum absolute atomic E-state index is 9.43. The maximum atomic E-state index is 9.43. The fourth-order valence-electron chi connectivity index (χ4n) is 1.88. The molecule has 0 aromatic carbocycles. The van der Waals surface area contributed by atoms with E-state index in [4.69, 9.17) is 9.47 Å². The lowest BCUT2D eigenvalue weighted by atomic mass is 10.0. The second kappa shape index (κ2) is 5.66. The van der Waals surface area contributed by atoms with Gasteiger partial charge in [-0.15, -0.1) is 0 Å². The Bertz CT molecular complexity index is 159. The van der Waals surface area contributed by atoms with E-state index in [1.807, 2.05) is 6.92 Å². The first-order valence-corrected chi connectivity index (χ1v) is 5.13. The molecule has 0 amide bonds. The molecule has 1 aliphatic heterocycles. The minimum atomic E-state index is -0.205. The summed E-state index contributed by atoms with van der Waals surface area (Å²) >= 11 is 0. The number of nitrogens with zero attached hydrogens (tertiary/aromatic N) is 1. The Morgan fingerprint density at radius 3 is 2.50 bits per heavy atom. The Kier molecular flexibility index (Phi) is 4.81. The number of aliphatic hydroxyl groups excluding tert-OH is 1.